The van der Waals surface area contributed by atoms with Crippen LogP contribution >= 0.6 is 15.9 Å². The van der Waals surface area contributed by atoms with Crippen molar-refractivity contribution >= 4 is 45.5 Å². The normalized spacial score (nSPS) is 15.4. The number of hydrogen-bond donors (Lipinski definition) is 1. The van der Waals surface area contributed by atoms with E-state index in [1.807, 2.05) is 13.8 Å². The third-order valence-corrected chi connectivity index (χ3v) is 5.00. The third kappa shape index (κ3) is 4.38. The van der Waals surface area contributed by atoms with E-state index in [-0.39, 0.29) is 5.57 Å². The average molecular weight is 473 g/mol. The van der Waals surface area contributed by atoms with Crippen LogP contribution in [0.4, 0.5) is 10.5 Å². The predicted molar refractivity (Wildman–Crippen MR) is 117 cm³/mol. The van der Waals surface area contributed by atoms with Crippen LogP contribution < -0.4 is 19.7 Å². The molecule has 4 amide bonds. The molecule has 7 nitrogen and oxygen atoms in total. The summed E-state index contributed by atoms with van der Waals surface area (Å²) in [5, 5.41) is 2.22. The Morgan fingerprint density at radius 1 is 1.13 bits per heavy atom. The number of barbiturate groups is 1. The van der Waals surface area contributed by atoms with Crippen molar-refractivity contribution in [3.63, 3.8) is 0 Å². The Hall–Kier alpha value is -3.13. The summed E-state index contributed by atoms with van der Waals surface area (Å²) in [6, 6.07) is 9.47. The minimum atomic E-state index is -0.784. The van der Waals surface area contributed by atoms with Gasteiger partial charge in [-0.25, -0.2) is 9.69 Å². The first-order chi connectivity index (χ1) is 14.3. The zero-order chi connectivity index (χ0) is 21.8. The van der Waals surface area contributed by atoms with Crippen LogP contribution in [0.2, 0.25) is 0 Å². The van der Waals surface area contributed by atoms with Gasteiger partial charge in [0.05, 0.1) is 23.9 Å². The van der Waals surface area contributed by atoms with Gasteiger partial charge in [0.15, 0.2) is 11.5 Å². The number of hydrogen-bond acceptors (Lipinski definition) is 5. The van der Waals surface area contributed by atoms with Gasteiger partial charge in [-0.1, -0.05) is 24.6 Å². The number of carbonyl (C=O) groups excluding carboxylic acids is 3. The first kappa shape index (κ1) is 21.6. The lowest BCUT2D eigenvalue weighted by molar-refractivity contribution is -0.122. The minimum Gasteiger partial charge on any atom is -0.493 e. The molecule has 1 heterocycles. The fourth-order valence-corrected chi connectivity index (χ4v) is 3.49. The van der Waals surface area contributed by atoms with Gasteiger partial charge < -0.3 is 9.47 Å². The van der Waals surface area contributed by atoms with E-state index in [9.17, 15) is 14.4 Å². The molecule has 30 heavy (non-hydrogen) atoms. The average Bonchev–Trinajstić information content (AvgIpc) is 2.71. The highest BCUT2D eigenvalue weighted by atomic mass is 79.9. The van der Waals surface area contributed by atoms with E-state index in [1.165, 1.54) is 13.2 Å². The first-order valence-electron chi connectivity index (χ1n) is 9.34. The van der Waals surface area contributed by atoms with Crippen LogP contribution in [-0.4, -0.2) is 31.6 Å². The number of amides is 4. The molecule has 156 valence electrons. The molecule has 1 saturated heterocycles. The van der Waals surface area contributed by atoms with Crippen LogP contribution in [0, 0.1) is 6.92 Å². The number of carbonyl (C=O) groups is 3. The lowest BCUT2D eigenvalue weighted by atomic mass is 10.1. The molecular formula is C22H21BrN2O5. The Morgan fingerprint density at radius 3 is 2.47 bits per heavy atom. The van der Waals surface area contributed by atoms with Crippen LogP contribution in [0.25, 0.3) is 6.08 Å². The second-order valence-electron chi connectivity index (χ2n) is 6.68. The van der Waals surface area contributed by atoms with Gasteiger partial charge >= 0.3 is 6.03 Å². The molecule has 0 spiro atoms. The minimum absolute atomic E-state index is 0.161. The molecule has 0 radical (unpaired) electrons. The van der Waals surface area contributed by atoms with Gasteiger partial charge in [-0.15, -0.1) is 0 Å². The number of aryl methyl sites for hydroxylation is 1. The van der Waals surface area contributed by atoms with Crippen molar-refractivity contribution in [2.75, 3.05) is 18.6 Å². The van der Waals surface area contributed by atoms with Crippen molar-refractivity contribution in [1.29, 1.82) is 0 Å². The molecule has 0 saturated carbocycles. The van der Waals surface area contributed by atoms with Gasteiger partial charge in [-0.05, 0) is 65.2 Å². The van der Waals surface area contributed by atoms with Gasteiger partial charge in [0.1, 0.15) is 5.57 Å². The predicted octanol–water partition coefficient (Wildman–Crippen LogP) is 4.22. The van der Waals surface area contributed by atoms with Crippen LogP contribution in [-0.2, 0) is 9.59 Å². The maximum absolute atomic E-state index is 13.0. The van der Waals surface area contributed by atoms with Gasteiger partial charge in [-0.3, -0.25) is 14.9 Å². The largest absolute Gasteiger partial charge is 0.493 e. The summed E-state index contributed by atoms with van der Waals surface area (Å²) in [6.45, 7) is 4.41. The van der Waals surface area contributed by atoms with Crippen LogP contribution in [0.1, 0.15) is 24.5 Å². The van der Waals surface area contributed by atoms with E-state index in [4.69, 9.17) is 9.47 Å². The Morgan fingerprint density at radius 2 is 1.83 bits per heavy atom. The summed E-state index contributed by atoms with van der Waals surface area (Å²) >= 11 is 3.44. The first-order valence-corrected chi connectivity index (χ1v) is 10.1. The monoisotopic (exact) mass is 472 g/mol. The molecule has 0 unspecified atom stereocenters. The molecule has 0 aliphatic carbocycles. The molecule has 1 fully saturated rings. The summed E-state index contributed by atoms with van der Waals surface area (Å²) in [6.07, 6.45) is 2.25. The van der Waals surface area contributed by atoms with Crippen molar-refractivity contribution in [3.05, 3.63) is 57.6 Å². The highest BCUT2D eigenvalue weighted by Crippen LogP contribution is 2.37. The number of ether oxygens (including phenoxy) is 2. The van der Waals surface area contributed by atoms with E-state index < -0.39 is 17.8 Å². The standard InChI is InChI=1S/C22H21BrN2O5/c1-4-9-30-19-17(23)11-14(12-18(19)29-3)10-16-20(26)24-22(28)25(21(16)27)15-7-5-13(2)6-8-15/h5-8,10-12H,4,9H2,1-3H3,(H,24,26,28)/b16-10+. The van der Waals surface area contributed by atoms with E-state index in [0.29, 0.717) is 33.8 Å². The molecule has 8 heteroatoms. The summed E-state index contributed by atoms with van der Waals surface area (Å²) in [7, 11) is 1.51. The molecule has 0 bridgehead atoms. The van der Waals surface area contributed by atoms with Crippen molar-refractivity contribution in [2.24, 2.45) is 0 Å². The molecule has 3 rings (SSSR count). The summed E-state index contributed by atoms with van der Waals surface area (Å²) in [4.78, 5) is 38.6. The molecule has 1 aliphatic heterocycles. The second kappa shape index (κ2) is 9.13. The molecular weight excluding hydrogens is 452 g/mol. The molecule has 1 aliphatic rings. The molecule has 2 aromatic rings. The van der Waals surface area contributed by atoms with E-state index in [2.05, 4.69) is 21.2 Å². The maximum atomic E-state index is 13.0. The van der Waals surface area contributed by atoms with Crippen LogP contribution in [0.15, 0.2) is 46.4 Å². The number of benzene rings is 2. The number of nitrogens with zero attached hydrogens (tertiary/aromatic N) is 1. The van der Waals surface area contributed by atoms with Crippen molar-refractivity contribution < 1.29 is 23.9 Å². The van der Waals surface area contributed by atoms with Gasteiger partial charge in [-0.2, -0.15) is 0 Å². The Labute approximate surface area is 182 Å². The highest BCUT2D eigenvalue weighted by Gasteiger charge is 2.36. The van der Waals surface area contributed by atoms with Crippen LogP contribution in [0.5, 0.6) is 11.5 Å². The third-order valence-electron chi connectivity index (χ3n) is 4.41. The fraction of sp³-hybridized carbons (Fsp3) is 0.227. The lowest BCUT2D eigenvalue weighted by Gasteiger charge is -2.26. The molecule has 1 N–H and O–H groups in total. The molecule has 2 aromatic carbocycles. The lowest BCUT2D eigenvalue weighted by Crippen LogP contribution is -2.54. The van der Waals surface area contributed by atoms with Crippen molar-refractivity contribution in [2.45, 2.75) is 20.3 Å². The number of nitrogens with one attached hydrogen (secondary N) is 1. The van der Waals surface area contributed by atoms with E-state index >= 15 is 0 Å². The van der Waals surface area contributed by atoms with Crippen molar-refractivity contribution in [3.8, 4) is 11.5 Å². The molecule has 0 aromatic heterocycles. The smallest absolute Gasteiger partial charge is 0.335 e. The summed E-state index contributed by atoms with van der Waals surface area (Å²) in [5.41, 5.74) is 1.74. The van der Waals surface area contributed by atoms with Gasteiger partial charge in [0, 0.05) is 0 Å². The number of urea groups is 1. The van der Waals surface area contributed by atoms with Gasteiger partial charge in [0.25, 0.3) is 11.8 Å². The highest BCUT2D eigenvalue weighted by molar-refractivity contribution is 9.10. The number of rotatable bonds is 6. The Bertz CT molecular complexity index is 1030. The zero-order valence-electron chi connectivity index (χ0n) is 16.8. The quantitative estimate of drug-likeness (QED) is 0.502. The number of halogens is 1. The second-order valence-corrected chi connectivity index (χ2v) is 7.53. The zero-order valence-corrected chi connectivity index (χ0v) is 18.4. The summed E-state index contributed by atoms with van der Waals surface area (Å²) in [5.74, 6) is -0.457. The number of methoxy groups -OCH3 is 1. The molecule has 0 atom stereocenters. The Kier molecular flexibility index (Phi) is 6.56. The fourth-order valence-electron chi connectivity index (χ4n) is 2.92. The SMILES string of the molecule is CCCOc1c(Br)cc(/C=C2\C(=O)NC(=O)N(c3ccc(C)cc3)C2=O)cc1OC. The summed E-state index contributed by atoms with van der Waals surface area (Å²) < 4.78 is 11.7. The Balaban J connectivity index is 2.00. The number of anilines is 1. The van der Waals surface area contributed by atoms with Crippen molar-refractivity contribution in [1.82, 2.24) is 5.32 Å². The maximum Gasteiger partial charge on any atom is 0.335 e. The van der Waals surface area contributed by atoms with E-state index in [0.717, 1.165) is 16.9 Å². The van der Waals surface area contributed by atoms with Crippen LogP contribution in [0.3, 0.4) is 0 Å². The number of imide groups is 2. The topological polar surface area (TPSA) is 84.9 Å². The van der Waals surface area contributed by atoms with E-state index in [1.54, 1.807) is 36.4 Å². The van der Waals surface area contributed by atoms with Gasteiger partial charge in [0.2, 0.25) is 0 Å².